The molecule has 2 atom stereocenters. The molecule has 0 amide bonds. The van der Waals surface area contributed by atoms with Gasteiger partial charge in [-0.25, -0.2) is 0 Å². The van der Waals surface area contributed by atoms with Gasteiger partial charge in [0.1, 0.15) is 0 Å². The fourth-order valence-electron chi connectivity index (χ4n) is 5.90. The molecule has 3 heterocycles. The van der Waals surface area contributed by atoms with Crippen molar-refractivity contribution in [3.05, 3.63) is 53.7 Å². The van der Waals surface area contributed by atoms with Gasteiger partial charge in [-0.2, -0.15) is 4.57 Å². The van der Waals surface area contributed by atoms with Crippen molar-refractivity contribution in [1.29, 1.82) is 0 Å². The summed E-state index contributed by atoms with van der Waals surface area (Å²) in [6.07, 6.45) is 3.23. The molecule has 0 bridgehead atoms. The van der Waals surface area contributed by atoms with Crippen LogP contribution in [0.4, 0.5) is 0 Å². The molecule has 0 saturated carbocycles. The highest BCUT2D eigenvalue weighted by atomic mass is 28.3. The second-order valence-corrected chi connectivity index (χ2v) is 20.4. The van der Waals surface area contributed by atoms with Crippen LogP contribution in [0.1, 0.15) is 29.5 Å². The SMILES string of the molecule is C=C(CO)C1C(CCOC)c2ccc(C)cc2-c2c3c(cc[n+]21)[Si](C)(C)CC[Si]3(C)C. The Kier molecular flexibility index (Phi) is 5.92. The number of rotatable bonds is 5. The van der Waals surface area contributed by atoms with Gasteiger partial charge in [0.05, 0.1) is 34.2 Å². The smallest absolute Gasteiger partial charge is 0.212 e. The van der Waals surface area contributed by atoms with Gasteiger partial charge in [-0.1, -0.05) is 62.6 Å². The molecule has 2 aliphatic heterocycles. The first-order valence-corrected chi connectivity index (χ1v) is 18.0. The Balaban J connectivity index is 2.08. The van der Waals surface area contributed by atoms with Gasteiger partial charge in [0.15, 0.2) is 12.2 Å². The van der Waals surface area contributed by atoms with E-state index in [1.54, 1.807) is 17.5 Å². The van der Waals surface area contributed by atoms with Crippen LogP contribution in [0.5, 0.6) is 0 Å². The van der Waals surface area contributed by atoms with E-state index in [9.17, 15) is 5.11 Å². The van der Waals surface area contributed by atoms with Gasteiger partial charge in [0.2, 0.25) is 5.69 Å². The minimum Gasteiger partial charge on any atom is -0.392 e. The van der Waals surface area contributed by atoms with E-state index in [-0.39, 0.29) is 18.6 Å². The Labute approximate surface area is 189 Å². The third kappa shape index (κ3) is 3.69. The zero-order chi connectivity index (χ0) is 22.6. The van der Waals surface area contributed by atoms with Crippen LogP contribution in [0.25, 0.3) is 11.3 Å². The second-order valence-electron chi connectivity index (χ2n) is 10.9. The molecule has 31 heavy (non-hydrogen) atoms. The number of fused-ring (bicyclic) bond motifs is 5. The fraction of sp³-hybridized carbons (Fsp3) is 0.500. The quantitative estimate of drug-likeness (QED) is 0.422. The van der Waals surface area contributed by atoms with Crippen molar-refractivity contribution in [2.24, 2.45) is 0 Å². The van der Waals surface area contributed by atoms with Crippen molar-refractivity contribution in [1.82, 2.24) is 0 Å². The van der Waals surface area contributed by atoms with Gasteiger partial charge >= 0.3 is 0 Å². The highest BCUT2D eigenvalue weighted by molar-refractivity contribution is 7.03. The van der Waals surface area contributed by atoms with Crippen LogP contribution >= 0.6 is 0 Å². The summed E-state index contributed by atoms with van der Waals surface area (Å²) in [6.45, 7) is 17.4. The number of aliphatic hydroxyl groups excluding tert-OH is 1. The van der Waals surface area contributed by atoms with Gasteiger partial charge in [-0.05, 0) is 30.2 Å². The Morgan fingerprint density at radius 1 is 1.16 bits per heavy atom. The summed E-state index contributed by atoms with van der Waals surface area (Å²) < 4.78 is 7.97. The lowest BCUT2D eigenvalue weighted by molar-refractivity contribution is -0.709. The molecule has 0 saturated heterocycles. The average molecular weight is 453 g/mol. The number of methoxy groups -OCH3 is 1. The fourth-order valence-corrected chi connectivity index (χ4v) is 16.5. The molecule has 3 nitrogen and oxygen atoms in total. The molecule has 5 heteroatoms. The second kappa shape index (κ2) is 8.11. The highest BCUT2D eigenvalue weighted by Crippen LogP contribution is 2.43. The molecular formula is C26H38NO2Si2+. The minimum atomic E-state index is -1.59. The van der Waals surface area contributed by atoms with E-state index in [1.165, 1.54) is 34.5 Å². The van der Waals surface area contributed by atoms with Crippen LogP contribution in [0.15, 0.2) is 42.6 Å². The third-order valence-electron chi connectivity index (χ3n) is 7.75. The summed E-state index contributed by atoms with van der Waals surface area (Å²) in [5.41, 5.74) is 6.41. The Morgan fingerprint density at radius 2 is 1.87 bits per heavy atom. The van der Waals surface area contributed by atoms with Crippen molar-refractivity contribution >= 4 is 26.5 Å². The summed E-state index contributed by atoms with van der Waals surface area (Å²) in [4.78, 5) is 0. The zero-order valence-corrected chi connectivity index (χ0v) is 22.1. The van der Waals surface area contributed by atoms with Crippen LogP contribution in [-0.4, -0.2) is 41.6 Å². The molecule has 166 valence electrons. The molecular weight excluding hydrogens is 414 g/mol. The average Bonchev–Trinajstić information content (AvgIpc) is 2.73. The Hall–Kier alpha value is -1.54. The first-order valence-electron chi connectivity index (χ1n) is 11.6. The highest BCUT2D eigenvalue weighted by Gasteiger charge is 2.49. The number of aliphatic hydroxyl groups is 1. The van der Waals surface area contributed by atoms with E-state index in [1.807, 2.05) is 0 Å². The third-order valence-corrected chi connectivity index (χ3v) is 15.2. The standard InChI is InChI=1S/C26H38NO2Si2/c1-18-8-9-20-21(11-13-29-3)24(19(2)17-28)27-12-10-23-26(25(27)22(20)16-18)31(6,7)15-14-30(23,4)5/h8-10,12,16,21,24,28H,2,11,13-15,17H2,1,3-7H3/q+1. The van der Waals surface area contributed by atoms with Crippen LogP contribution in [0.2, 0.25) is 38.3 Å². The van der Waals surface area contributed by atoms with E-state index in [2.05, 4.69) is 74.7 Å². The van der Waals surface area contributed by atoms with Gasteiger partial charge < -0.3 is 9.84 Å². The van der Waals surface area contributed by atoms with E-state index < -0.39 is 16.1 Å². The number of aryl methyl sites for hydroxylation is 1. The largest absolute Gasteiger partial charge is 0.392 e. The monoisotopic (exact) mass is 452 g/mol. The van der Waals surface area contributed by atoms with Crippen LogP contribution in [-0.2, 0) is 4.74 Å². The lowest BCUT2D eigenvalue weighted by atomic mass is 9.78. The molecule has 0 fully saturated rings. The number of hydrogen-bond donors (Lipinski definition) is 1. The number of benzene rings is 1. The number of nitrogens with zero attached hydrogens (tertiary/aromatic N) is 1. The molecule has 1 N–H and O–H groups in total. The summed E-state index contributed by atoms with van der Waals surface area (Å²) in [6, 6.07) is 12.2. The maximum atomic E-state index is 10.1. The summed E-state index contributed by atoms with van der Waals surface area (Å²) in [5, 5.41) is 13.5. The number of ether oxygens (including phenoxy) is 1. The summed E-state index contributed by atoms with van der Waals surface area (Å²) >= 11 is 0. The van der Waals surface area contributed by atoms with Gasteiger partial charge in [-0.3, -0.25) is 0 Å². The molecule has 2 aromatic rings. The van der Waals surface area contributed by atoms with Crippen LogP contribution in [0.3, 0.4) is 0 Å². The minimum absolute atomic E-state index is 0.0138. The predicted molar refractivity (Wildman–Crippen MR) is 135 cm³/mol. The van der Waals surface area contributed by atoms with Crippen molar-refractivity contribution < 1.29 is 14.4 Å². The first kappa shape index (κ1) is 22.7. The van der Waals surface area contributed by atoms with Gasteiger partial charge in [0.25, 0.3) is 0 Å². The van der Waals surface area contributed by atoms with Gasteiger partial charge in [-0.15, -0.1) is 0 Å². The van der Waals surface area contributed by atoms with E-state index in [0.717, 1.165) is 12.0 Å². The number of hydrogen-bond acceptors (Lipinski definition) is 2. The van der Waals surface area contributed by atoms with Crippen molar-refractivity contribution in [2.45, 2.75) is 63.6 Å². The van der Waals surface area contributed by atoms with Crippen molar-refractivity contribution in [3.63, 3.8) is 0 Å². The molecule has 0 radical (unpaired) electrons. The zero-order valence-electron chi connectivity index (χ0n) is 20.1. The topological polar surface area (TPSA) is 33.3 Å². The lowest BCUT2D eigenvalue weighted by Gasteiger charge is -2.41. The molecule has 2 aliphatic rings. The van der Waals surface area contributed by atoms with E-state index in [0.29, 0.717) is 6.61 Å². The Morgan fingerprint density at radius 3 is 2.55 bits per heavy atom. The maximum Gasteiger partial charge on any atom is 0.212 e. The number of pyridine rings is 1. The molecule has 0 aliphatic carbocycles. The van der Waals surface area contributed by atoms with Crippen LogP contribution < -0.4 is 14.9 Å². The van der Waals surface area contributed by atoms with Crippen molar-refractivity contribution in [2.75, 3.05) is 20.3 Å². The lowest BCUT2D eigenvalue weighted by Crippen LogP contribution is -2.68. The maximum absolute atomic E-state index is 10.1. The number of aromatic nitrogens is 1. The molecule has 2 unspecified atom stereocenters. The van der Waals surface area contributed by atoms with Crippen LogP contribution in [0, 0.1) is 6.92 Å². The summed E-state index contributed by atoms with van der Waals surface area (Å²) in [7, 11) is -1.28. The molecule has 0 spiro atoms. The Bertz CT molecular complexity index is 1030. The normalized spacial score (nSPS) is 22.9. The van der Waals surface area contributed by atoms with Crippen molar-refractivity contribution in [3.8, 4) is 11.3 Å². The molecule has 1 aromatic heterocycles. The first-order chi connectivity index (χ1) is 14.6. The molecule has 4 rings (SSSR count). The van der Waals surface area contributed by atoms with Gasteiger partial charge in [0, 0.05) is 30.5 Å². The predicted octanol–water partition coefficient (Wildman–Crippen LogP) is 4.02. The van der Waals surface area contributed by atoms with E-state index in [4.69, 9.17) is 4.74 Å². The van der Waals surface area contributed by atoms with E-state index >= 15 is 0 Å². The molecule has 1 aromatic carbocycles. The summed E-state index contributed by atoms with van der Waals surface area (Å²) in [5.74, 6) is 0.254.